The molecule has 2 heterocycles. The van der Waals surface area contributed by atoms with Crippen molar-refractivity contribution in [2.75, 3.05) is 13.7 Å². The molecular formula is C16H14BrN3O3S. The highest BCUT2D eigenvalue weighted by Gasteiger charge is 2.11. The Kier molecular flexibility index (Phi) is 4.96. The summed E-state index contributed by atoms with van der Waals surface area (Å²) in [5.74, 6) is 0.367. The zero-order chi connectivity index (χ0) is 17.1. The second-order valence-corrected chi connectivity index (χ2v) is 6.75. The summed E-state index contributed by atoms with van der Waals surface area (Å²) in [4.78, 5) is 28.8. The van der Waals surface area contributed by atoms with Crippen molar-refractivity contribution in [2.24, 2.45) is 0 Å². The molecule has 8 heteroatoms. The Morgan fingerprint density at radius 3 is 3.04 bits per heavy atom. The van der Waals surface area contributed by atoms with Crippen molar-refractivity contribution in [3.63, 3.8) is 0 Å². The second-order valence-electron chi connectivity index (χ2n) is 4.98. The maximum absolute atomic E-state index is 12.3. The van der Waals surface area contributed by atoms with E-state index in [0.29, 0.717) is 39.1 Å². The number of methoxy groups -OCH3 is 1. The minimum absolute atomic E-state index is 0.0909. The standard InChI is InChI=1S/C16H14BrN3O3S/c1-23-10-2-3-12(17)11(8-10)15(21)18-5-6-20-9-19-13-4-7-24-14(13)16(20)22/h2-4,7-9H,5-6H2,1H3,(H,18,21). The molecule has 1 amide bonds. The minimum atomic E-state index is -0.237. The van der Waals surface area contributed by atoms with Crippen LogP contribution in [-0.4, -0.2) is 29.1 Å². The highest BCUT2D eigenvalue weighted by Crippen LogP contribution is 2.22. The molecule has 0 aliphatic carbocycles. The molecule has 0 saturated heterocycles. The second kappa shape index (κ2) is 7.14. The van der Waals surface area contributed by atoms with Crippen molar-refractivity contribution >= 4 is 43.4 Å². The molecule has 6 nitrogen and oxygen atoms in total. The van der Waals surface area contributed by atoms with Gasteiger partial charge in [-0.1, -0.05) is 0 Å². The van der Waals surface area contributed by atoms with Gasteiger partial charge in [-0.3, -0.25) is 14.2 Å². The van der Waals surface area contributed by atoms with Crippen LogP contribution in [0.15, 0.2) is 45.2 Å². The average molecular weight is 408 g/mol. The maximum Gasteiger partial charge on any atom is 0.271 e. The molecule has 0 saturated carbocycles. The summed E-state index contributed by atoms with van der Waals surface area (Å²) in [5.41, 5.74) is 1.09. The molecule has 24 heavy (non-hydrogen) atoms. The summed E-state index contributed by atoms with van der Waals surface area (Å²) in [6.45, 7) is 0.675. The van der Waals surface area contributed by atoms with Crippen LogP contribution in [0.3, 0.4) is 0 Å². The van der Waals surface area contributed by atoms with Gasteiger partial charge in [0.25, 0.3) is 11.5 Å². The van der Waals surface area contributed by atoms with Crippen LogP contribution in [0.2, 0.25) is 0 Å². The van der Waals surface area contributed by atoms with Gasteiger partial charge in [-0.05, 0) is 45.6 Å². The monoisotopic (exact) mass is 407 g/mol. The first-order valence-electron chi connectivity index (χ1n) is 7.14. The fraction of sp³-hybridized carbons (Fsp3) is 0.188. The lowest BCUT2D eigenvalue weighted by atomic mass is 10.2. The molecule has 1 N–H and O–H groups in total. The van der Waals surface area contributed by atoms with Crippen molar-refractivity contribution < 1.29 is 9.53 Å². The first kappa shape index (κ1) is 16.7. The quantitative estimate of drug-likeness (QED) is 0.705. The fourth-order valence-electron chi connectivity index (χ4n) is 2.23. The Morgan fingerprint density at radius 2 is 2.25 bits per heavy atom. The number of rotatable bonds is 5. The lowest BCUT2D eigenvalue weighted by Crippen LogP contribution is -2.31. The van der Waals surface area contributed by atoms with Gasteiger partial charge in [0.1, 0.15) is 10.4 Å². The summed E-state index contributed by atoms with van der Waals surface area (Å²) in [5, 5.41) is 4.64. The molecule has 0 atom stereocenters. The molecule has 0 aliphatic heterocycles. The van der Waals surface area contributed by atoms with Gasteiger partial charge in [-0.25, -0.2) is 4.98 Å². The lowest BCUT2D eigenvalue weighted by Gasteiger charge is -2.09. The summed E-state index contributed by atoms with van der Waals surface area (Å²) in [6, 6.07) is 6.99. The average Bonchev–Trinajstić information content (AvgIpc) is 3.07. The van der Waals surface area contributed by atoms with Gasteiger partial charge in [-0.15, -0.1) is 11.3 Å². The number of halogens is 1. The topological polar surface area (TPSA) is 73.2 Å². The summed E-state index contributed by atoms with van der Waals surface area (Å²) >= 11 is 4.72. The third kappa shape index (κ3) is 3.34. The molecule has 2 aromatic heterocycles. The first-order valence-corrected chi connectivity index (χ1v) is 8.82. The van der Waals surface area contributed by atoms with Crippen LogP contribution >= 0.6 is 27.3 Å². The third-order valence-corrected chi connectivity index (χ3v) is 5.08. The number of amides is 1. The first-order chi connectivity index (χ1) is 11.6. The molecule has 0 fully saturated rings. The number of ether oxygens (including phenoxy) is 1. The number of aromatic nitrogens is 2. The highest BCUT2D eigenvalue weighted by atomic mass is 79.9. The van der Waals surface area contributed by atoms with E-state index in [1.54, 1.807) is 25.3 Å². The van der Waals surface area contributed by atoms with Crippen molar-refractivity contribution in [3.8, 4) is 5.75 Å². The van der Waals surface area contributed by atoms with Crippen LogP contribution < -0.4 is 15.6 Å². The summed E-state index contributed by atoms with van der Waals surface area (Å²) in [7, 11) is 1.55. The summed E-state index contributed by atoms with van der Waals surface area (Å²) in [6.07, 6.45) is 1.50. The number of benzene rings is 1. The molecular weight excluding hydrogens is 394 g/mol. The zero-order valence-corrected chi connectivity index (χ0v) is 15.2. The number of nitrogens with zero attached hydrogens (tertiary/aromatic N) is 2. The molecule has 3 aromatic rings. The van der Waals surface area contributed by atoms with Gasteiger partial charge in [-0.2, -0.15) is 0 Å². The van der Waals surface area contributed by atoms with Gasteiger partial charge < -0.3 is 10.1 Å². The molecule has 0 spiro atoms. The van der Waals surface area contributed by atoms with Crippen LogP contribution in [0.25, 0.3) is 10.2 Å². The Balaban J connectivity index is 1.68. The van der Waals surface area contributed by atoms with E-state index in [2.05, 4.69) is 26.2 Å². The van der Waals surface area contributed by atoms with Crippen LogP contribution in [0.4, 0.5) is 0 Å². The molecule has 3 rings (SSSR count). The van der Waals surface area contributed by atoms with E-state index in [0.717, 1.165) is 0 Å². The van der Waals surface area contributed by atoms with Gasteiger partial charge in [0.2, 0.25) is 0 Å². The number of thiophene rings is 1. The number of carbonyl (C=O) groups excluding carboxylic acids is 1. The molecule has 0 radical (unpaired) electrons. The predicted molar refractivity (Wildman–Crippen MR) is 96.9 cm³/mol. The van der Waals surface area contributed by atoms with Gasteiger partial charge in [0.15, 0.2) is 0 Å². The van der Waals surface area contributed by atoms with Crippen LogP contribution in [0.5, 0.6) is 5.75 Å². The smallest absolute Gasteiger partial charge is 0.271 e. The Labute approximate surface area is 150 Å². The Morgan fingerprint density at radius 1 is 1.42 bits per heavy atom. The largest absolute Gasteiger partial charge is 0.497 e. The molecule has 0 aliphatic rings. The van der Waals surface area contributed by atoms with E-state index in [1.807, 2.05) is 11.4 Å². The highest BCUT2D eigenvalue weighted by molar-refractivity contribution is 9.10. The van der Waals surface area contributed by atoms with E-state index in [1.165, 1.54) is 22.2 Å². The van der Waals surface area contributed by atoms with Gasteiger partial charge >= 0.3 is 0 Å². The van der Waals surface area contributed by atoms with Crippen LogP contribution in [0, 0.1) is 0 Å². The molecule has 124 valence electrons. The van der Waals surface area contributed by atoms with Gasteiger partial charge in [0, 0.05) is 17.6 Å². The number of hydrogen-bond acceptors (Lipinski definition) is 5. The van der Waals surface area contributed by atoms with E-state index in [-0.39, 0.29) is 11.5 Å². The molecule has 0 unspecified atom stereocenters. The summed E-state index contributed by atoms with van der Waals surface area (Å²) < 4.78 is 7.93. The normalized spacial score (nSPS) is 10.8. The number of fused-ring (bicyclic) bond motifs is 1. The van der Waals surface area contributed by atoms with Crippen LogP contribution in [0.1, 0.15) is 10.4 Å². The van der Waals surface area contributed by atoms with Crippen molar-refractivity contribution in [1.29, 1.82) is 0 Å². The fourth-order valence-corrected chi connectivity index (χ4v) is 3.45. The van der Waals surface area contributed by atoms with E-state index in [4.69, 9.17) is 4.74 Å². The van der Waals surface area contributed by atoms with E-state index < -0.39 is 0 Å². The number of carbonyl (C=O) groups is 1. The van der Waals surface area contributed by atoms with Crippen molar-refractivity contribution in [2.45, 2.75) is 6.54 Å². The Hall–Kier alpha value is -2.19. The SMILES string of the molecule is COc1ccc(Br)c(C(=O)NCCn2cnc3ccsc3c2=O)c1. The maximum atomic E-state index is 12.3. The lowest BCUT2D eigenvalue weighted by molar-refractivity contribution is 0.0951. The van der Waals surface area contributed by atoms with Crippen molar-refractivity contribution in [1.82, 2.24) is 14.9 Å². The molecule has 1 aromatic carbocycles. The molecule has 0 bridgehead atoms. The van der Waals surface area contributed by atoms with Gasteiger partial charge in [0.05, 0.1) is 24.5 Å². The number of hydrogen-bond donors (Lipinski definition) is 1. The number of nitrogens with one attached hydrogen (secondary N) is 1. The Bertz CT molecular complexity index is 951. The third-order valence-electron chi connectivity index (χ3n) is 3.49. The van der Waals surface area contributed by atoms with Crippen LogP contribution in [-0.2, 0) is 6.54 Å². The predicted octanol–water partition coefficient (Wildman–Crippen LogP) is 2.66. The zero-order valence-electron chi connectivity index (χ0n) is 12.8. The van der Waals surface area contributed by atoms with E-state index in [9.17, 15) is 9.59 Å². The van der Waals surface area contributed by atoms with Crippen molar-refractivity contribution in [3.05, 3.63) is 56.4 Å². The van der Waals surface area contributed by atoms with E-state index >= 15 is 0 Å². The minimum Gasteiger partial charge on any atom is -0.497 e.